The zero-order chi connectivity index (χ0) is 25.3. The molecule has 1 aromatic carbocycles. The van der Waals surface area contributed by atoms with Crippen LogP contribution in [0.25, 0.3) is 4.85 Å². The predicted octanol–water partition coefficient (Wildman–Crippen LogP) is 2.86. The van der Waals surface area contributed by atoms with Gasteiger partial charge in [0, 0.05) is 51.1 Å². The molecule has 1 atom stereocenters. The maximum absolute atomic E-state index is 14.4. The van der Waals surface area contributed by atoms with Gasteiger partial charge in [0.2, 0.25) is 0 Å². The van der Waals surface area contributed by atoms with E-state index in [0.717, 1.165) is 12.1 Å². The molecule has 2 aliphatic rings. The number of amides is 3. The molecule has 2 aliphatic heterocycles. The quantitative estimate of drug-likeness (QED) is 0.496. The number of aromatic nitrogens is 2. The van der Waals surface area contributed by atoms with Crippen molar-refractivity contribution in [3.05, 3.63) is 52.1 Å². The lowest BCUT2D eigenvalue weighted by Crippen LogP contribution is -2.40. The van der Waals surface area contributed by atoms with Crippen LogP contribution in [0.4, 0.5) is 33.7 Å². The SMILES string of the molecule is [C-]#[N+]c1c(F)ccc(NC(=O)N2CCc3nn4c(c3C2)C(=O)N(C)C[C@H](CNCC(F)F)C4)c1F. The molecule has 0 aliphatic carbocycles. The van der Waals surface area contributed by atoms with E-state index in [1.54, 1.807) is 11.7 Å². The van der Waals surface area contributed by atoms with Crippen molar-refractivity contribution in [3.8, 4) is 0 Å². The van der Waals surface area contributed by atoms with Crippen molar-refractivity contribution in [3.63, 3.8) is 0 Å². The Morgan fingerprint density at radius 2 is 2.09 bits per heavy atom. The van der Waals surface area contributed by atoms with Crippen LogP contribution >= 0.6 is 0 Å². The summed E-state index contributed by atoms with van der Waals surface area (Å²) in [5.41, 5.74) is 0.439. The summed E-state index contributed by atoms with van der Waals surface area (Å²) >= 11 is 0. The lowest BCUT2D eigenvalue weighted by molar-refractivity contribution is 0.0776. The molecule has 0 unspecified atom stereocenters. The Labute approximate surface area is 198 Å². The van der Waals surface area contributed by atoms with E-state index in [1.165, 1.54) is 9.80 Å². The summed E-state index contributed by atoms with van der Waals surface area (Å²) in [4.78, 5) is 31.6. The lowest BCUT2D eigenvalue weighted by Gasteiger charge is -2.27. The Bertz CT molecular complexity index is 1190. The van der Waals surface area contributed by atoms with E-state index in [1.807, 2.05) is 0 Å². The minimum Gasteiger partial charge on any atom is -0.340 e. The van der Waals surface area contributed by atoms with Gasteiger partial charge in [-0.3, -0.25) is 9.48 Å². The molecule has 1 aromatic heterocycles. The highest BCUT2D eigenvalue weighted by molar-refractivity contribution is 5.95. The van der Waals surface area contributed by atoms with E-state index in [2.05, 4.69) is 20.6 Å². The molecule has 0 radical (unpaired) electrons. The van der Waals surface area contributed by atoms with Crippen LogP contribution in [0.3, 0.4) is 0 Å². The van der Waals surface area contributed by atoms with Crippen molar-refractivity contribution >= 4 is 23.3 Å². The summed E-state index contributed by atoms with van der Waals surface area (Å²) < 4.78 is 54.5. The second-order valence-corrected chi connectivity index (χ2v) is 8.53. The molecule has 2 aromatic rings. The van der Waals surface area contributed by atoms with Crippen LogP contribution in [0, 0.1) is 24.1 Å². The summed E-state index contributed by atoms with van der Waals surface area (Å²) in [5, 5.41) is 9.63. The predicted molar refractivity (Wildman–Crippen MR) is 117 cm³/mol. The Balaban J connectivity index is 1.52. The highest BCUT2D eigenvalue weighted by Gasteiger charge is 2.35. The molecule has 0 saturated carbocycles. The summed E-state index contributed by atoms with van der Waals surface area (Å²) in [7, 11) is 1.62. The third-order valence-electron chi connectivity index (χ3n) is 6.05. The van der Waals surface area contributed by atoms with E-state index >= 15 is 0 Å². The normalized spacial score (nSPS) is 17.6. The van der Waals surface area contributed by atoms with Crippen LogP contribution < -0.4 is 10.6 Å². The maximum Gasteiger partial charge on any atom is 0.322 e. The smallest absolute Gasteiger partial charge is 0.322 e. The number of halogens is 4. The molecule has 9 nitrogen and oxygen atoms in total. The van der Waals surface area contributed by atoms with Crippen molar-refractivity contribution in [2.75, 3.05) is 38.5 Å². The fourth-order valence-electron chi connectivity index (χ4n) is 4.38. The first kappa shape index (κ1) is 24.5. The van der Waals surface area contributed by atoms with Gasteiger partial charge in [0.15, 0.2) is 5.82 Å². The first-order valence-corrected chi connectivity index (χ1v) is 10.9. The average Bonchev–Trinajstić information content (AvgIpc) is 3.11. The fraction of sp³-hybridized carbons (Fsp3) is 0.455. The van der Waals surface area contributed by atoms with E-state index in [-0.39, 0.29) is 37.1 Å². The van der Waals surface area contributed by atoms with Gasteiger partial charge < -0.3 is 20.4 Å². The van der Waals surface area contributed by atoms with E-state index in [9.17, 15) is 27.2 Å². The molecule has 0 fully saturated rings. The number of hydrogen-bond acceptors (Lipinski definition) is 4. The molecule has 4 rings (SSSR count). The number of rotatable bonds is 5. The highest BCUT2D eigenvalue weighted by atomic mass is 19.3. The van der Waals surface area contributed by atoms with E-state index < -0.39 is 36.3 Å². The number of nitrogens with zero attached hydrogens (tertiary/aromatic N) is 5. The molecule has 0 spiro atoms. The number of hydrogen-bond donors (Lipinski definition) is 2. The third kappa shape index (κ3) is 4.93. The van der Waals surface area contributed by atoms with E-state index in [0.29, 0.717) is 36.5 Å². The van der Waals surface area contributed by atoms with Crippen LogP contribution in [0.2, 0.25) is 0 Å². The molecule has 3 heterocycles. The molecule has 3 amide bonds. The van der Waals surface area contributed by atoms with Gasteiger partial charge in [0.1, 0.15) is 11.5 Å². The van der Waals surface area contributed by atoms with Gasteiger partial charge >= 0.3 is 6.03 Å². The first-order valence-electron chi connectivity index (χ1n) is 10.9. The molecule has 186 valence electrons. The van der Waals surface area contributed by atoms with Crippen LogP contribution in [-0.4, -0.2) is 71.2 Å². The largest absolute Gasteiger partial charge is 0.340 e. The highest BCUT2D eigenvalue weighted by Crippen LogP contribution is 2.30. The fourth-order valence-corrected chi connectivity index (χ4v) is 4.38. The van der Waals surface area contributed by atoms with Crippen molar-refractivity contribution in [2.45, 2.75) is 25.9 Å². The van der Waals surface area contributed by atoms with Gasteiger partial charge in [-0.05, 0) is 12.1 Å². The van der Waals surface area contributed by atoms with Crippen molar-refractivity contribution in [2.24, 2.45) is 5.92 Å². The molecular formula is C22H23F4N7O2. The molecule has 13 heteroatoms. The number of fused-ring (bicyclic) bond motifs is 3. The van der Waals surface area contributed by atoms with Crippen LogP contribution in [0.15, 0.2) is 12.1 Å². The van der Waals surface area contributed by atoms with Gasteiger partial charge in [-0.25, -0.2) is 27.2 Å². The standard InChI is InChI=1S/C22H23F4N7O2/c1-27-19-14(23)3-4-16(18(19)26)29-22(35)32-6-5-15-13(11-32)20-21(34)31(2)9-12(10-33(20)30-15)7-28-8-17(24)25/h3-4,12,17,28H,5-11H2,2H3,(H,29,35)/t12-/m0/s1. The molecule has 35 heavy (non-hydrogen) atoms. The Morgan fingerprint density at radius 3 is 2.80 bits per heavy atom. The van der Waals surface area contributed by atoms with Crippen LogP contribution in [0.1, 0.15) is 21.7 Å². The number of carbonyl (C=O) groups excluding carboxylic acids is 2. The van der Waals surface area contributed by atoms with Gasteiger partial charge in [-0.1, -0.05) is 0 Å². The molecule has 2 N–H and O–H groups in total. The lowest BCUT2D eigenvalue weighted by atomic mass is 10.0. The second-order valence-electron chi connectivity index (χ2n) is 8.53. The van der Waals surface area contributed by atoms with Gasteiger partial charge in [0.25, 0.3) is 18.0 Å². The van der Waals surface area contributed by atoms with Gasteiger partial charge in [-0.2, -0.15) is 5.10 Å². The number of benzene rings is 1. The number of carbonyl (C=O) groups is 2. The number of anilines is 1. The van der Waals surface area contributed by atoms with E-state index in [4.69, 9.17) is 6.57 Å². The topological polar surface area (TPSA) is 86.9 Å². The minimum atomic E-state index is -2.47. The van der Waals surface area contributed by atoms with Crippen LogP contribution in [0.5, 0.6) is 0 Å². The maximum atomic E-state index is 14.4. The zero-order valence-electron chi connectivity index (χ0n) is 18.8. The number of alkyl halides is 2. The Kier molecular flexibility index (Phi) is 6.93. The zero-order valence-corrected chi connectivity index (χ0v) is 18.8. The third-order valence-corrected chi connectivity index (χ3v) is 6.05. The van der Waals surface area contributed by atoms with Gasteiger partial charge in [0.05, 0.1) is 31.0 Å². The summed E-state index contributed by atoms with van der Waals surface area (Å²) in [6, 6.07) is 1.28. The minimum absolute atomic E-state index is 0.0445. The Hall–Kier alpha value is -3.66. The van der Waals surface area contributed by atoms with Crippen molar-refractivity contribution in [1.29, 1.82) is 0 Å². The number of nitrogens with one attached hydrogen (secondary N) is 2. The van der Waals surface area contributed by atoms with Crippen LogP contribution in [-0.2, 0) is 19.5 Å². The monoisotopic (exact) mass is 493 g/mol. The average molecular weight is 493 g/mol. The van der Waals surface area contributed by atoms with Crippen molar-refractivity contribution < 1.29 is 27.2 Å². The first-order chi connectivity index (χ1) is 16.7. The van der Waals surface area contributed by atoms with Crippen molar-refractivity contribution in [1.82, 2.24) is 24.9 Å². The summed E-state index contributed by atoms with van der Waals surface area (Å²) in [6.07, 6.45) is -2.12. The number of urea groups is 1. The molecular weight excluding hydrogens is 470 g/mol. The summed E-state index contributed by atoms with van der Waals surface area (Å²) in [5.74, 6) is -2.61. The second kappa shape index (κ2) is 9.91. The summed E-state index contributed by atoms with van der Waals surface area (Å²) in [6.45, 7) is 7.76. The molecule has 0 bridgehead atoms. The Morgan fingerprint density at radius 1 is 1.31 bits per heavy atom. The van der Waals surface area contributed by atoms with Gasteiger partial charge in [-0.15, -0.1) is 0 Å². The molecule has 0 saturated heterocycles.